The molecule has 1 aliphatic rings. The number of methoxy groups -OCH3 is 2. The number of nitro groups is 1. The zero-order valence-corrected chi connectivity index (χ0v) is 23.0. The number of furan rings is 1. The van der Waals surface area contributed by atoms with Crippen LogP contribution in [0.5, 0.6) is 11.5 Å². The molecule has 0 saturated carbocycles. The number of hydrogen-bond donors (Lipinski definition) is 2. The first-order valence-electron chi connectivity index (χ1n) is 13.0. The van der Waals surface area contributed by atoms with E-state index in [0.29, 0.717) is 43.9 Å². The number of carbonyl (C=O) groups is 1. The van der Waals surface area contributed by atoms with Gasteiger partial charge in [-0.15, -0.1) is 0 Å². The summed E-state index contributed by atoms with van der Waals surface area (Å²) < 4.78 is 51.2. The van der Waals surface area contributed by atoms with Crippen molar-refractivity contribution in [1.82, 2.24) is 4.98 Å². The van der Waals surface area contributed by atoms with Crippen LogP contribution in [0.2, 0.25) is 0 Å². The predicted octanol–water partition coefficient (Wildman–Crippen LogP) is 5.27. The Bertz CT molecular complexity index is 1640. The van der Waals surface area contributed by atoms with Crippen LogP contribution in [-0.2, 0) is 4.74 Å². The monoisotopic (exact) mass is 583 g/mol. The number of fused-ring (bicyclic) bond motifs is 1. The maximum Gasteiger partial charge on any atom is 0.294 e. The third-order valence-corrected chi connectivity index (χ3v) is 6.75. The van der Waals surface area contributed by atoms with Crippen LogP contribution in [0.3, 0.4) is 0 Å². The molecule has 4 aromatic rings. The minimum Gasteiger partial charge on any atom is -0.494 e. The molecule has 0 spiro atoms. The molecule has 0 radical (unpaired) electrons. The summed E-state index contributed by atoms with van der Waals surface area (Å²) in [4.78, 5) is 31.2. The Morgan fingerprint density at radius 2 is 1.81 bits per heavy atom. The van der Waals surface area contributed by atoms with Crippen molar-refractivity contribution in [2.24, 2.45) is 0 Å². The highest BCUT2D eigenvalue weighted by Gasteiger charge is 2.31. The van der Waals surface area contributed by atoms with Gasteiger partial charge >= 0.3 is 0 Å². The number of pyridine rings is 1. The highest BCUT2D eigenvalue weighted by molar-refractivity contribution is 6.15. The lowest BCUT2D eigenvalue weighted by molar-refractivity contribution is -0.383. The summed E-state index contributed by atoms with van der Waals surface area (Å²) in [6.45, 7) is 4.40. The number of morpholine rings is 1. The molecule has 1 saturated heterocycles. The Morgan fingerprint density at radius 3 is 2.43 bits per heavy atom. The molecule has 42 heavy (non-hydrogen) atoms. The topological polar surface area (TPSA) is 141 Å². The Labute approximate surface area is 238 Å². The SMILES string of the molecule is CCNc1c(C(=O)c2c(F)c(OC)cc(OC)c2F)oc2cnc(Nc3ccc(N4CCOCC4)cc3[N+](=O)[O-])cc12. The Hall–Kier alpha value is -4.98. The first-order chi connectivity index (χ1) is 20.3. The highest BCUT2D eigenvalue weighted by atomic mass is 19.1. The van der Waals surface area contributed by atoms with Gasteiger partial charge in [0.15, 0.2) is 34.5 Å². The number of aromatic nitrogens is 1. The summed E-state index contributed by atoms with van der Waals surface area (Å²) in [7, 11) is 2.35. The fraction of sp³-hybridized carbons (Fsp3) is 0.286. The van der Waals surface area contributed by atoms with Crippen LogP contribution in [0.15, 0.2) is 40.9 Å². The number of nitrogens with zero attached hydrogens (tertiary/aromatic N) is 3. The maximum absolute atomic E-state index is 15.1. The van der Waals surface area contributed by atoms with Crippen molar-refractivity contribution in [2.45, 2.75) is 6.92 Å². The van der Waals surface area contributed by atoms with Crippen molar-refractivity contribution in [2.75, 3.05) is 62.6 Å². The first-order valence-corrected chi connectivity index (χ1v) is 13.0. The van der Waals surface area contributed by atoms with E-state index in [1.165, 1.54) is 32.5 Å². The van der Waals surface area contributed by atoms with E-state index < -0.39 is 27.9 Å². The quantitative estimate of drug-likeness (QED) is 0.143. The minimum atomic E-state index is -1.21. The maximum atomic E-state index is 15.1. The number of nitro benzene ring substituents is 1. The van der Waals surface area contributed by atoms with Gasteiger partial charge in [-0.25, -0.2) is 13.8 Å². The molecular weight excluding hydrogens is 556 g/mol. The summed E-state index contributed by atoms with van der Waals surface area (Å²) in [5.74, 6) is -4.42. The fourth-order valence-corrected chi connectivity index (χ4v) is 4.71. The van der Waals surface area contributed by atoms with Crippen LogP contribution in [-0.4, -0.2) is 62.8 Å². The molecule has 0 aliphatic carbocycles. The van der Waals surface area contributed by atoms with Gasteiger partial charge in [0.05, 0.1) is 44.2 Å². The molecule has 220 valence electrons. The van der Waals surface area contributed by atoms with Crippen LogP contribution >= 0.6 is 0 Å². The summed E-state index contributed by atoms with van der Waals surface area (Å²) in [5.41, 5.74) is 0.134. The van der Waals surface area contributed by atoms with E-state index in [1.807, 2.05) is 4.90 Å². The van der Waals surface area contributed by atoms with Crippen molar-refractivity contribution in [3.05, 3.63) is 69.6 Å². The molecule has 1 aliphatic heterocycles. The van der Waals surface area contributed by atoms with Crippen LogP contribution < -0.4 is 25.0 Å². The number of rotatable bonds is 10. The van der Waals surface area contributed by atoms with Gasteiger partial charge in [-0.1, -0.05) is 0 Å². The number of nitrogens with one attached hydrogen (secondary N) is 2. The van der Waals surface area contributed by atoms with Crippen LogP contribution in [0.1, 0.15) is 23.0 Å². The van der Waals surface area contributed by atoms with Crippen molar-refractivity contribution in [1.29, 1.82) is 0 Å². The molecule has 0 bridgehead atoms. The van der Waals surface area contributed by atoms with Gasteiger partial charge in [-0.3, -0.25) is 14.9 Å². The molecule has 0 atom stereocenters. The van der Waals surface area contributed by atoms with Crippen LogP contribution in [0, 0.1) is 21.7 Å². The summed E-state index contributed by atoms with van der Waals surface area (Å²) in [5, 5.41) is 18.2. The largest absolute Gasteiger partial charge is 0.494 e. The van der Waals surface area contributed by atoms with Crippen molar-refractivity contribution >= 4 is 45.3 Å². The average molecular weight is 584 g/mol. The van der Waals surface area contributed by atoms with Gasteiger partial charge in [0.1, 0.15) is 17.1 Å². The fourth-order valence-electron chi connectivity index (χ4n) is 4.71. The van der Waals surface area contributed by atoms with E-state index in [2.05, 4.69) is 15.6 Å². The van der Waals surface area contributed by atoms with Gasteiger partial charge in [0, 0.05) is 42.8 Å². The van der Waals surface area contributed by atoms with Crippen molar-refractivity contribution in [3.8, 4) is 11.5 Å². The molecule has 2 aromatic heterocycles. The molecule has 3 heterocycles. The van der Waals surface area contributed by atoms with Crippen molar-refractivity contribution in [3.63, 3.8) is 0 Å². The summed E-state index contributed by atoms with van der Waals surface area (Å²) in [6, 6.07) is 7.36. The lowest BCUT2D eigenvalue weighted by atomic mass is 10.0. The lowest BCUT2D eigenvalue weighted by Crippen LogP contribution is -2.36. The number of ketones is 1. The number of benzene rings is 2. The highest BCUT2D eigenvalue weighted by Crippen LogP contribution is 2.39. The van der Waals surface area contributed by atoms with Gasteiger partial charge in [0.2, 0.25) is 5.78 Å². The van der Waals surface area contributed by atoms with Crippen LogP contribution in [0.25, 0.3) is 11.0 Å². The molecule has 2 aromatic carbocycles. The van der Waals surface area contributed by atoms with E-state index in [4.69, 9.17) is 18.6 Å². The number of carbonyl (C=O) groups excluding carboxylic acids is 1. The number of ether oxygens (including phenoxy) is 3. The normalized spacial score (nSPS) is 13.2. The number of halogens is 2. The number of anilines is 4. The van der Waals surface area contributed by atoms with Crippen molar-refractivity contribution < 1.29 is 37.1 Å². The second-order valence-corrected chi connectivity index (χ2v) is 9.20. The van der Waals surface area contributed by atoms with Gasteiger partial charge in [-0.2, -0.15) is 0 Å². The van der Waals surface area contributed by atoms with Crippen LogP contribution in [0.4, 0.5) is 37.3 Å². The number of hydrogen-bond acceptors (Lipinski definition) is 11. The van der Waals surface area contributed by atoms with E-state index in [-0.39, 0.29) is 45.7 Å². The van der Waals surface area contributed by atoms with E-state index >= 15 is 8.78 Å². The van der Waals surface area contributed by atoms with Gasteiger partial charge < -0.3 is 34.2 Å². The predicted molar refractivity (Wildman–Crippen MR) is 150 cm³/mol. The van der Waals surface area contributed by atoms with E-state index in [0.717, 1.165) is 6.07 Å². The van der Waals surface area contributed by atoms with Gasteiger partial charge in [0.25, 0.3) is 5.69 Å². The molecule has 1 fully saturated rings. The lowest BCUT2D eigenvalue weighted by Gasteiger charge is -2.28. The Kier molecular flexibility index (Phi) is 8.06. The molecule has 2 N–H and O–H groups in total. The molecular formula is C28H27F2N5O7. The average Bonchev–Trinajstić information content (AvgIpc) is 3.35. The third-order valence-electron chi connectivity index (χ3n) is 6.75. The first kappa shape index (κ1) is 28.5. The third kappa shape index (κ3) is 5.23. The standard InChI is InChI=1S/C28H27F2N5O7/c1-4-31-26-16-12-22(33-17-6-5-15(11-18(17)35(37)38)34-7-9-41-10-8-34)32-14-21(16)42-28(26)27(36)23-24(29)19(39-2)13-20(40-3)25(23)30/h5-6,11-14,31H,4,7-10H2,1-3H3,(H,32,33). The minimum absolute atomic E-state index is 0.146. The smallest absolute Gasteiger partial charge is 0.294 e. The zero-order valence-electron chi connectivity index (χ0n) is 23.0. The second kappa shape index (κ2) is 11.9. The molecule has 5 rings (SSSR count). The summed E-state index contributed by atoms with van der Waals surface area (Å²) in [6.07, 6.45) is 1.31. The van der Waals surface area contributed by atoms with Gasteiger partial charge in [-0.05, 0) is 25.1 Å². The zero-order chi connectivity index (χ0) is 30.0. The Morgan fingerprint density at radius 1 is 1.12 bits per heavy atom. The Balaban J connectivity index is 1.54. The van der Waals surface area contributed by atoms with E-state index in [1.54, 1.807) is 19.1 Å². The van der Waals surface area contributed by atoms with E-state index in [9.17, 15) is 14.9 Å². The molecule has 14 heteroatoms. The molecule has 12 nitrogen and oxygen atoms in total. The molecule has 0 amide bonds. The second-order valence-electron chi connectivity index (χ2n) is 9.20. The summed E-state index contributed by atoms with van der Waals surface area (Å²) >= 11 is 0. The molecule has 0 unspecified atom stereocenters.